The Morgan fingerprint density at radius 2 is 1.75 bits per heavy atom. The second-order valence-electron chi connectivity index (χ2n) is 4.08. The van der Waals surface area contributed by atoms with Crippen molar-refractivity contribution in [1.29, 1.82) is 0 Å². The van der Waals surface area contributed by atoms with Crippen LogP contribution in [0.3, 0.4) is 0 Å². The van der Waals surface area contributed by atoms with E-state index in [0.29, 0.717) is 16.5 Å². The van der Waals surface area contributed by atoms with E-state index >= 15 is 0 Å². The third-order valence-corrected chi connectivity index (χ3v) is 2.99. The van der Waals surface area contributed by atoms with Crippen molar-refractivity contribution >= 4 is 17.3 Å². The Morgan fingerprint density at radius 1 is 1.10 bits per heavy atom. The van der Waals surface area contributed by atoms with Crippen molar-refractivity contribution in [1.82, 2.24) is 0 Å². The number of rotatable bonds is 4. The molecule has 0 bridgehead atoms. The summed E-state index contributed by atoms with van der Waals surface area (Å²) in [5.74, 6) is -3.37. The number of benzene rings is 2. The quantitative estimate of drug-likeness (QED) is 0.846. The van der Waals surface area contributed by atoms with Crippen molar-refractivity contribution < 1.29 is 17.9 Å². The van der Waals surface area contributed by atoms with E-state index < -0.39 is 17.5 Å². The molecule has 0 saturated heterocycles. The molecule has 0 aliphatic carbocycles. The van der Waals surface area contributed by atoms with Crippen molar-refractivity contribution in [3.8, 4) is 5.75 Å². The zero-order valence-electron chi connectivity index (χ0n) is 10.5. The van der Waals surface area contributed by atoms with Crippen LogP contribution in [0, 0.1) is 17.5 Å². The summed E-state index contributed by atoms with van der Waals surface area (Å²) in [7, 11) is 1.50. The molecule has 106 valence electrons. The molecule has 0 aliphatic heterocycles. The molecule has 0 amide bonds. The highest BCUT2D eigenvalue weighted by molar-refractivity contribution is 6.32. The number of anilines is 1. The van der Waals surface area contributed by atoms with Crippen LogP contribution in [0.1, 0.15) is 5.56 Å². The molecule has 0 fully saturated rings. The Bertz CT molecular complexity index is 611. The average Bonchev–Trinajstić information content (AvgIpc) is 2.42. The second-order valence-corrected chi connectivity index (χ2v) is 4.48. The first-order valence-corrected chi connectivity index (χ1v) is 6.10. The molecule has 6 heteroatoms. The van der Waals surface area contributed by atoms with Gasteiger partial charge in [-0.25, -0.2) is 13.2 Å². The summed E-state index contributed by atoms with van der Waals surface area (Å²) in [6, 6.07) is 6.88. The van der Waals surface area contributed by atoms with Gasteiger partial charge in [-0.15, -0.1) is 0 Å². The molecule has 2 aromatic carbocycles. The van der Waals surface area contributed by atoms with Crippen molar-refractivity contribution in [2.45, 2.75) is 6.54 Å². The molecular weight excluding hydrogens is 291 g/mol. The Morgan fingerprint density at radius 3 is 2.30 bits per heavy atom. The van der Waals surface area contributed by atoms with Crippen molar-refractivity contribution in [2.75, 3.05) is 12.4 Å². The van der Waals surface area contributed by atoms with Crippen LogP contribution in [0.4, 0.5) is 18.9 Å². The van der Waals surface area contributed by atoms with Gasteiger partial charge in [0.15, 0.2) is 17.5 Å². The van der Waals surface area contributed by atoms with Crippen LogP contribution < -0.4 is 10.1 Å². The van der Waals surface area contributed by atoms with Gasteiger partial charge < -0.3 is 10.1 Å². The predicted molar refractivity (Wildman–Crippen MR) is 71.6 cm³/mol. The van der Waals surface area contributed by atoms with E-state index in [-0.39, 0.29) is 12.1 Å². The summed E-state index contributed by atoms with van der Waals surface area (Å²) in [4.78, 5) is 0. The summed E-state index contributed by atoms with van der Waals surface area (Å²) in [5.41, 5.74) is 0.939. The fourth-order valence-corrected chi connectivity index (χ4v) is 1.95. The highest BCUT2D eigenvalue weighted by atomic mass is 35.5. The van der Waals surface area contributed by atoms with Gasteiger partial charge in [0.1, 0.15) is 5.75 Å². The maximum Gasteiger partial charge on any atom is 0.194 e. The maximum atomic E-state index is 13.0. The Kier molecular flexibility index (Phi) is 4.39. The van der Waals surface area contributed by atoms with E-state index in [2.05, 4.69) is 5.32 Å². The summed E-state index contributed by atoms with van der Waals surface area (Å²) >= 11 is 5.95. The third kappa shape index (κ3) is 3.17. The molecule has 0 spiro atoms. The first-order chi connectivity index (χ1) is 9.51. The third-order valence-electron chi connectivity index (χ3n) is 2.69. The number of hydrogen-bond acceptors (Lipinski definition) is 2. The van der Waals surface area contributed by atoms with Crippen LogP contribution >= 0.6 is 11.6 Å². The van der Waals surface area contributed by atoms with E-state index in [1.54, 1.807) is 18.2 Å². The number of halogens is 4. The molecule has 0 unspecified atom stereocenters. The molecule has 1 N–H and O–H groups in total. The SMILES string of the molecule is COc1ccc(NCc2cc(F)c(F)c(F)c2)cc1Cl. The van der Waals surface area contributed by atoms with E-state index in [1.807, 2.05) is 0 Å². The van der Waals surface area contributed by atoms with E-state index in [1.165, 1.54) is 7.11 Å². The van der Waals surface area contributed by atoms with Crippen molar-refractivity contribution in [3.63, 3.8) is 0 Å². The van der Waals surface area contributed by atoms with Gasteiger partial charge in [-0.1, -0.05) is 11.6 Å². The van der Waals surface area contributed by atoms with E-state index in [4.69, 9.17) is 16.3 Å². The van der Waals surface area contributed by atoms with E-state index in [9.17, 15) is 13.2 Å². The average molecular weight is 302 g/mol. The molecule has 0 radical (unpaired) electrons. The molecule has 20 heavy (non-hydrogen) atoms. The number of ether oxygens (including phenoxy) is 1. The van der Waals surface area contributed by atoms with Crippen LogP contribution in [-0.2, 0) is 6.54 Å². The number of nitrogens with one attached hydrogen (secondary N) is 1. The van der Waals surface area contributed by atoms with Crippen molar-refractivity contribution in [2.24, 2.45) is 0 Å². The highest BCUT2D eigenvalue weighted by Crippen LogP contribution is 2.27. The van der Waals surface area contributed by atoms with Crippen LogP contribution in [0.5, 0.6) is 5.75 Å². The predicted octanol–water partition coefficient (Wildman–Crippen LogP) is 4.38. The standard InChI is InChI=1S/C14H11ClF3NO/c1-20-13-3-2-9(6-10(13)15)19-7-8-4-11(16)14(18)12(17)5-8/h2-6,19H,7H2,1H3. The molecule has 0 aromatic heterocycles. The summed E-state index contributed by atoms with van der Waals surface area (Å²) in [6.07, 6.45) is 0. The molecule has 0 heterocycles. The lowest BCUT2D eigenvalue weighted by atomic mass is 10.2. The molecule has 0 atom stereocenters. The van der Waals surface area contributed by atoms with E-state index in [0.717, 1.165) is 12.1 Å². The number of hydrogen-bond donors (Lipinski definition) is 1. The van der Waals surface area contributed by atoms with Crippen LogP contribution in [0.2, 0.25) is 5.02 Å². The van der Waals surface area contributed by atoms with Gasteiger partial charge in [0.2, 0.25) is 0 Å². The minimum Gasteiger partial charge on any atom is -0.495 e. The van der Waals surface area contributed by atoms with Crippen LogP contribution in [0.15, 0.2) is 30.3 Å². The lowest BCUT2D eigenvalue weighted by Gasteiger charge is -2.09. The Labute approximate surface area is 119 Å². The zero-order valence-corrected chi connectivity index (χ0v) is 11.3. The van der Waals surface area contributed by atoms with Crippen LogP contribution in [0.25, 0.3) is 0 Å². The summed E-state index contributed by atoms with van der Waals surface area (Å²) in [5, 5.41) is 3.34. The minimum atomic E-state index is -1.47. The monoisotopic (exact) mass is 301 g/mol. The molecular formula is C14H11ClF3NO. The topological polar surface area (TPSA) is 21.3 Å². The second kappa shape index (κ2) is 6.05. The smallest absolute Gasteiger partial charge is 0.194 e. The zero-order chi connectivity index (χ0) is 14.7. The Hall–Kier alpha value is -1.88. The van der Waals surface area contributed by atoms with Crippen LogP contribution in [-0.4, -0.2) is 7.11 Å². The van der Waals surface area contributed by atoms with Gasteiger partial charge in [0.25, 0.3) is 0 Å². The van der Waals surface area contributed by atoms with Gasteiger partial charge in [-0.2, -0.15) is 0 Å². The van der Waals surface area contributed by atoms with Gasteiger partial charge in [-0.05, 0) is 35.9 Å². The molecule has 2 aromatic rings. The fraction of sp³-hybridized carbons (Fsp3) is 0.143. The Balaban J connectivity index is 2.11. The largest absolute Gasteiger partial charge is 0.495 e. The summed E-state index contributed by atoms with van der Waals surface area (Å²) < 4.78 is 43.9. The molecule has 0 saturated carbocycles. The fourth-order valence-electron chi connectivity index (χ4n) is 1.69. The molecule has 2 nitrogen and oxygen atoms in total. The maximum absolute atomic E-state index is 13.0. The summed E-state index contributed by atoms with van der Waals surface area (Å²) in [6.45, 7) is 0.136. The van der Waals surface area contributed by atoms with Gasteiger partial charge in [-0.3, -0.25) is 0 Å². The number of methoxy groups -OCH3 is 1. The van der Waals surface area contributed by atoms with Gasteiger partial charge in [0.05, 0.1) is 12.1 Å². The lowest BCUT2D eigenvalue weighted by molar-refractivity contribution is 0.415. The first kappa shape index (κ1) is 14.5. The normalized spacial score (nSPS) is 10.4. The highest BCUT2D eigenvalue weighted by Gasteiger charge is 2.10. The minimum absolute atomic E-state index is 0.136. The van der Waals surface area contributed by atoms with Gasteiger partial charge >= 0.3 is 0 Å². The van der Waals surface area contributed by atoms with Gasteiger partial charge in [0, 0.05) is 12.2 Å². The van der Waals surface area contributed by atoms with Crippen molar-refractivity contribution in [3.05, 3.63) is 58.4 Å². The lowest BCUT2D eigenvalue weighted by Crippen LogP contribution is -2.02. The molecule has 0 aliphatic rings. The molecule has 2 rings (SSSR count). The first-order valence-electron chi connectivity index (χ1n) is 5.72.